The molecule has 0 aromatic heterocycles. The monoisotopic (exact) mass is 218 g/mol. The van der Waals surface area contributed by atoms with Gasteiger partial charge in [-0.25, -0.2) is 0 Å². The summed E-state index contributed by atoms with van der Waals surface area (Å²) in [5.74, 6) is 0.268. The van der Waals surface area contributed by atoms with E-state index in [4.69, 9.17) is 4.74 Å². The number of rotatable bonds is 5. The summed E-state index contributed by atoms with van der Waals surface area (Å²) in [6.07, 6.45) is 1.90. The zero-order valence-electron chi connectivity index (χ0n) is 9.90. The van der Waals surface area contributed by atoms with Crippen molar-refractivity contribution < 1.29 is 9.53 Å². The zero-order valence-corrected chi connectivity index (χ0v) is 9.90. The van der Waals surface area contributed by atoms with E-state index in [1.807, 2.05) is 12.1 Å². The zero-order chi connectivity index (χ0) is 12.0. The molecule has 0 radical (unpaired) electrons. The highest BCUT2D eigenvalue weighted by atomic mass is 16.5. The number of hydrogen-bond donors (Lipinski definition) is 0. The molecule has 0 amide bonds. The van der Waals surface area contributed by atoms with Crippen molar-refractivity contribution in [2.75, 3.05) is 6.61 Å². The van der Waals surface area contributed by atoms with E-state index in [1.54, 1.807) is 6.08 Å². The Balaban J connectivity index is 2.63. The summed E-state index contributed by atoms with van der Waals surface area (Å²) >= 11 is 0. The summed E-state index contributed by atoms with van der Waals surface area (Å²) in [4.78, 5) is 11.4. The molecule has 2 nitrogen and oxygen atoms in total. The van der Waals surface area contributed by atoms with Gasteiger partial charge in [-0.05, 0) is 17.0 Å². The summed E-state index contributed by atoms with van der Waals surface area (Å²) < 4.78 is 4.94. The molecule has 1 rings (SSSR count). The lowest BCUT2D eigenvalue weighted by Crippen LogP contribution is -2.08. The molecule has 0 bridgehead atoms. The minimum absolute atomic E-state index is 0.208. The first-order valence-corrected chi connectivity index (χ1v) is 5.49. The molecule has 2 heteroatoms. The van der Waals surface area contributed by atoms with Crippen molar-refractivity contribution in [2.24, 2.45) is 0 Å². The molecule has 0 fully saturated rings. The Bertz CT molecular complexity index is 367. The first-order valence-electron chi connectivity index (χ1n) is 5.49. The van der Waals surface area contributed by atoms with Crippen LogP contribution in [0.15, 0.2) is 36.9 Å². The lowest BCUT2D eigenvalue weighted by atomic mass is 10.00. The summed E-state index contributed by atoms with van der Waals surface area (Å²) in [6, 6.07) is 8.05. The second kappa shape index (κ2) is 6.11. The second-order valence-electron chi connectivity index (χ2n) is 4.05. The van der Waals surface area contributed by atoms with E-state index in [9.17, 15) is 4.79 Å². The van der Waals surface area contributed by atoms with Crippen LogP contribution in [0, 0.1) is 0 Å². The molecular weight excluding hydrogens is 200 g/mol. The Labute approximate surface area is 96.9 Å². The summed E-state index contributed by atoms with van der Waals surface area (Å²) in [5, 5.41) is 0. The predicted octanol–water partition coefficient (Wildman–Crippen LogP) is 3.08. The molecule has 0 aliphatic heterocycles. The maximum atomic E-state index is 11.4. The van der Waals surface area contributed by atoms with Crippen LogP contribution >= 0.6 is 0 Å². The Kier molecular flexibility index (Phi) is 4.77. The summed E-state index contributed by atoms with van der Waals surface area (Å²) in [7, 11) is 0. The van der Waals surface area contributed by atoms with Crippen LogP contribution in [0.1, 0.15) is 30.9 Å². The van der Waals surface area contributed by atoms with Crippen molar-refractivity contribution in [3.8, 4) is 0 Å². The average Bonchev–Trinajstić information content (AvgIpc) is 2.26. The first kappa shape index (κ1) is 12.5. The molecule has 0 heterocycles. The van der Waals surface area contributed by atoms with E-state index in [0.29, 0.717) is 12.3 Å². The van der Waals surface area contributed by atoms with E-state index in [2.05, 4.69) is 32.6 Å². The van der Waals surface area contributed by atoms with E-state index < -0.39 is 0 Å². The number of hydrogen-bond acceptors (Lipinski definition) is 2. The fourth-order valence-corrected chi connectivity index (χ4v) is 1.43. The smallest absolute Gasteiger partial charge is 0.310 e. The van der Waals surface area contributed by atoms with Gasteiger partial charge in [0.05, 0.1) is 6.42 Å². The van der Waals surface area contributed by atoms with Gasteiger partial charge in [0.1, 0.15) is 6.61 Å². The number of esters is 1. The minimum Gasteiger partial charge on any atom is -0.461 e. The molecule has 0 spiro atoms. The van der Waals surface area contributed by atoms with Crippen LogP contribution in [0.25, 0.3) is 0 Å². The van der Waals surface area contributed by atoms with Crippen molar-refractivity contribution in [3.63, 3.8) is 0 Å². The molecule has 0 unspecified atom stereocenters. The molecule has 0 saturated carbocycles. The standard InChI is InChI=1S/C14H18O2/c1-4-8-16-14(15)10-12-6-5-7-13(9-12)11(2)3/h4-7,9,11H,1,8,10H2,2-3H3. The molecule has 16 heavy (non-hydrogen) atoms. The lowest BCUT2D eigenvalue weighted by molar-refractivity contribution is -0.141. The van der Waals surface area contributed by atoms with Gasteiger partial charge >= 0.3 is 5.97 Å². The van der Waals surface area contributed by atoms with E-state index in [0.717, 1.165) is 5.56 Å². The third kappa shape index (κ3) is 3.89. The SMILES string of the molecule is C=CCOC(=O)Cc1cccc(C(C)C)c1. The maximum absolute atomic E-state index is 11.4. The van der Waals surface area contributed by atoms with Gasteiger partial charge in [0.25, 0.3) is 0 Å². The number of carbonyl (C=O) groups excluding carboxylic acids is 1. The van der Waals surface area contributed by atoms with E-state index >= 15 is 0 Å². The van der Waals surface area contributed by atoms with Gasteiger partial charge in [-0.2, -0.15) is 0 Å². The average molecular weight is 218 g/mol. The third-order valence-electron chi connectivity index (χ3n) is 2.33. The van der Waals surface area contributed by atoms with Gasteiger partial charge in [-0.1, -0.05) is 50.8 Å². The molecule has 0 aliphatic rings. The van der Waals surface area contributed by atoms with E-state index in [1.165, 1.54) is 5.56 Å². The van der Waals surface area contributed by atoms with Crippen LogP contribution in [-0.4, -0.2) is 12.6 Å². The highest BCUT2D eigenvalue weighted by molar-refractivity contribution is 5.72. The largest absolute Gasteiger partial charge is 0.461 e. The van der Waals surface area contributed by atoms with Crippen LogP contribution in [0.3, 0.4) is 0 Å². The van der Waals surface area contributed by atoms with Crippen molar-refractivity contribution in [3.05, 3.63) is 48.0 Å². The molecule has 86 valence electrons. The molecule has 1 aromatic rings. The van der Waals surface area contributed by atoms with Crippen LogP contribution in [-0.2, 0) is 16.0 Å². The van der Waals surface area contributed by atoms with Gasteiger partial charge in [0, 0.05) is 0 Å². The van der Waals surface area contributed by atoms with Crippen LogP contribution in [0.4, 0.5) is 0 Å². The van der Waals surface area contributed by atoms with Gasteiger partial charge in [-0.15, -0.1) is 0 Å². The van der Waals surface area contributed by atoms with Crippen molar-refractivity contribution >= 4 is 5.97 Å². The summed E-state index contributed by atoms with van der Waals surface area (Å²) in [5.41, 5.74) is 2.24. The van der Waals surface area contributed by atoms with Gasteiger partial charge in [0.2, 0.25) is 0 Å². The fourth-order valence-electron chi connectivity index (χ4n) is 1.43. The number of carbonyl (C=O) groups is 1. The maximum Gasteiger partial charge on any atom is 0.310 e. The topological polar surface area (TPSA) is 26.3 Å². The molecule has 0 aliphatic carbocycles. The van der Waals surface area contributed by atoms with Crippen LogP contribution in [0.2, 0.25) is 0 Å². The van der Waals surface area contributed by atoms with E-state index in [-0.39, 0.29) is 12.6 Å². The second-order valence-corrected chi connectivity index (χ2v) is 4.05. The molecule has 1 aromatic carbocycles. The Morgan fingerprint density at radius 3 is 2.88 bits per heavy atom. The number of benzene rings is 1. The lowest BCUT2D eigenvalue weighted by Gasteiger charge is -2.07. The molecule has 0 saturated heterocycles. The normalized spacial score (nSPS) is 10.2. The fraction of sp³-hybridized carbons (Fsp3) is 0.357. The Morgan fingerprint density at radius 2 is 2.25 bits per heavy atom. The highest BCUT2D eigenvalue weighted by Crippen LogP contribution is 2.15. The van der Waals surface area contributed by atoms with Crippen molar-refractivity contribution in [1.82, 2.24) is 0 Å². The van der Waals surface area contributed by atoms with Gasteiger partial charge in [0.15, 0.2) is 0 Å². The van der Waals surface area contributed by atoms with Crippen LogP contribution < -0.4 is 0 Å². The van der Waals surface area contributed by atoms with Crippen LogP contribution in [0.5, 0.6) is 0 Å². The quantitative estimate of drug-likeness (QED) is 0.561. The third-order valence-corrected chi connectivity index (χ3v) is 2.33. The van der Waals surface area contributed by atoms with Gasteiger partial charge in [-0.3, -0.25) is 4.79 Å². The number of ether oxygens (including phenoxy) is 1. The van der Waals surface area contributed by atoms with Crippen molar-refractivity contribution in [1.29, 1.82) is 0 Å². The first-order chi connectivity index (χ1) is 7.63. The minimum atomic E-state index is -0.208. The van der Waals surface area contributed by atoms with Gasteiger partial charge < -0.3 is 4.74 Å². The summed E-state index contributed by atoms with van der Waals surface area (Å²) in [6.45, 7) is 8.05. The Morgan fingerprint density at radius 1 is 1.50 bits per heavy atom. The molecular formula is C14H18O2. The highest BCUT2D eigenvalue weighted by Gasteiger charge is 2.05. The van der Waals surface area contributed by atoms with Crippen molar-refractivity contribution in [2.45, 2.75) is 26.2 Å². The predicted molar refractivity (Wildman–Crippen MR) is 65.4 cm³/mol. The molecule has 0 atom stereocenters. The molecule has 0 N–H and O–H groups in total. The Hall–Kier alpha value is -1.57.